The molecule has 0 radical (unpaired) electrons. The quantitative estimate of drug-likeness (QED) is 0.427. The summed E-state index contributed by atoms with van der Waals surface area (Å²) in [5.41, 5.74) is 6.67. The lowest BCUT2D eigenvalue weighted by Crippen LogP contribution is -2.39. The molecule has 1 saturated heterocycles. The minimum Gasteiger partial charge on any atom is -0.379 e. The van der Waals surface area contributed by atoms with Crippen molar-refractivity contribution in [3.8, 4) is 11.4 Å². The highest BCUT2D eigenvalue weighted by molar-refractivity contribution is 6.30. The normalized spacial score (nSPS) is 16.0. The van der Waals surface area contributed by atoms with Crippen LogP contribution in [0.1, 0.15) is 12.3 Å². The van der Waals surface area contributed by atoms with Gasteiger partial charge in [0.1, 0.15) is 6.54 Å². The number of aromatic nitrogens is 2. The Kier molecular flexibility index (Phi) is 6.82. The van der Waals surface area contributed by atoms with E-state index in [9.17, 15) is 0 Å². The Bertz CT molecular complexity index is 730. The number of halogens is 1. The molecule has 26 heavy (non-hydrogen) atoms. The van der Waals surface area contributed by atoms with Crippen LogP contribution in [0.2, 0.25) is 5.02 Å². The summed E-state index contributed by atoms with van der Waals surface area (Å²) in [5.74, 6) is 1.25. The van der Waals surface area contributed by atoms with Crippen molar-refractivity contribution in [1.29, 1.82) is 0 Å². The maximum absolute atomic E-state index is 5.97. The summed E-state index contributed by atoms with van der Waals surface area (Å²) < 4.78 is 10.5. The van der Waals surface area contributed by atoms with Crippen LogP contribution in [0.4, 0.5) is 0 Å². The molecule has 0 spiro atoms. The molecule has 0 bridgehead atoms. The van der Waals surface area contributed by atoms with Gasteiger partial charge in [-0.1, -0.05) is 28.9 Å². The number of ether oxygens (including phenoxy) is 1. The molecule has 1 aromatic carbocycles. The van der Waals surface area contributed by atoms with Gasteiger partial charge in [0.15, 0.2) is 5.96 Å². The lowest BCUT2D eigenvalue weighted by Gasteiger charge is -2.26. The van der Waals surface area contributed by atoms with Gasteiger partial charge in [-0.05, 0) is 25.1 Å². The molecule has 3 rings (SSSR count). The zero-order valence-electron chi connectivity index (χ0n) is 14.5. The predicted molar refractivity (Wildman–Crippen MR) is 99.9 cm³/mol. The van der Waals surface area contributed by atoms with E-state index in [-0.39, 0.29) is 6.54 Å². The van der Waals surface area contributed by atoms with E-state index in [4.69, 9.17) is 26.6 Å². The molecule has 2 aromatic rings. The molecule has 0 unspecified atom stereocenters. The van der Waals surface area contributed by atoms with Gasteiger partial charge < -0.3 is 20.3 Å². The fourth-order valence-electron chi connectivity index (χ4n) is 2.62. The largest absolute Gasteiger partial charge is 0.379 e. The number of nitrogens with zero attached hydrogens (tertiary/aromatic N) is 4. The molecule has 0 amide bonds. The molecule has 8 nitrogen and oxygen atoms in total. The Balaban J connectivity index is 1.41. The average Bonchev–Trinajstić information content (AvgIpc) is 3.14. The number of aliphatic imine (C=N–C) groups is 1. The van der Waals surface area contributed by atoms with E-state index < -0.39 is 0 Å². The van der Waals surface area contributed by atoms with E-state index in [1.165, 1.54) is 0 Å². The number of nitrogens with one attached hydrogen (secondary N) is 1. The van der Waals surface area contributed by atoms with Crippen LogP contribution in [0.3, 0.4) is 0 Å². The summed E-state index contributed by atoms with van der Waals surface area (Å²) in [5, 5.41) is 7.67. The highest BCUT2D eigenvalue weighted by atomic mass is 35.5. The fourth-order valence-corrected chi connectivity index (χ4v) is 2.81. The van der Waals surface area contributed by atoms with Gasteiger partial charge in [-0.2, -0.15) is 4.98 Å². The molecular weight excluding hydrogens is 356 g/mol. The first-order valence-corrected chi connectivity index (χ1v) is 9.01. The molecule has 1 aromatic heterocycles. The molecule has 0 aliphatic carbocycles. The SMILES string of the molecule is NC(=NCc1nc(-c2cccc(Cl)c2)no1)NCCCN1CCOCC1. The molecule has 1 aliphatic rings. The maximum Gasteiger partial charge on any atom is 0.248 e. The second-order valence-electron chi connectivity index (χ2n) is 5.96. The van der Waals surface area contributed by atoms with Gasteiger partial charge in [0.2, 0.25) is 11.7 Å². The Morgan fingerprint density at radius 3 is 3.00 bits per heavy atom. The maximum atomic E-state index is 5.97. The van der Waals surface area contributed by atoms with Crippen molar-refractivity contribution in [2.24, 2.45) is 10.7 Å². The van der Waals surface area contributed by atoms with Crippen LogP contribution >= 0.6 is 11.6 Å². The van der Waals surface area contributed by atoms with Crippen LogP contribution in [0.15, 0.2) is 33.8 Å². The first kappa shape index (κ1) is 18.6. The topological polar surface area (TPSA) is 102 Å². The van der Waals surface area contributed by atoms with Crippen LogP contribution in [0.25, 0.3) is 11.4 Å². The zero-order chi connectivity index (χ0) is 18.2. The smallest absolute Gasteiger partial charge is 0.248 e. The molecule has 2 heterocycles. The molecule has 1 aliphatic heterocycles. The van der Waals surface area contributed by atoms with Crippen molar-refractivity contribution in [3.63, 3.8) is 0 Å². The van der Waals surface area contributed by atoms with E-state index in [1.54, 1.807) is 12.1 Å². The van der Waals surface area contributed by atoms with Gasteiger partial charge in [-0.3, -0.25) is 4.90 Å². The Morgan fingerprint density at radius 2 is 2.19 bits per heavy atom. The third-order valence-corrected chi connectivity index (χ3v) is 4.23. The number of morpholine rings is 1. The van der Waals surface area contributed by atoms with Crippen LogP contribution in [-0.4, -0.2) is 60.4 Å². The van der Waals surface area contributed by atoms with E-state index in [0.29, 0.717) is 22.7 Å². The second-order valence-corrected chi connectivity index (χ2v) is 6.39. The van der Waals surface area contributed by atoms with Crippen molar-refractivity contribution >= 4 is 17.6 Å². The van der Waals surface area contributed by atoms with Gasteiger partial charge >= 0.3 is 0 Å². The predicted octanol–water partition coefficient (Wildman–Crippen LogP) is 1.52. The van der Waals surface area contributed by atoms with E-state index >= 15 is 0 Å². The van der Waals surface area contributed by atoms with Crippen molar-refractivity contribution in [3.05, 3.63) is 35.2 Å². The summed E-state index contributed by atoms with van der Waals surface area (Å²) in [4.78, 5) is 10.9. The van der Waals surface area contributed by atoms with Crippen molar-refractivity contribution in [2.45, 2.75) is 13.0 Å². The monoisotopic (exact) mass is 378 g/mol. The number of hydrogen-bond donors (Lipinski definition) is 2. The minimum absolute atomic E-state index is 0.232. The van der Waals surface area contributed by atoms with Gasteiger partial charge in [0.05, 0.1) is 13.2 Å². The Hall–Kier alpha value is -2.16. The standard InChI is InChI=1S/C17H23ClN6O2/c18-14-4-1-3-13(11-14)16-22-15(26-23-16)12-21-17(19)20-5-2-6-24-7-9-25-10-8-24/h1,3-4,11H,2,5-10,12H2,(H3,19,20,21). The average molecular weight is 379 g/mol. The lowest BCUT2D eigenvalue weighted by atomic mass is 10.2. The number of guanidine groups is 1. The van der Waals surface area contributed by atoms with Crippen molar-refractivity contribution in [2.75, 3.05) is 39.4 Å². The van der Waals surface area contributed by atoms with E-state index in [0.717, 1.165) is 51.4 Å². The highest BCUT2D eigenvalue weighted by Gasteiger charge is 2.10. The van der Waals surface area contributed by atoms with Gasteiger partial charge in [-0.15, -0.1) is 0 Å². The molecule has 0 saturated carbocycles. The number of rotatable bonds is 7. The Labute approximate surface area is 157 Å². The van der Waals surface area contributed by atoms with Gasteiger partial charge in [0.25, 0.3) is 0 Å². The lowest BCUT2D eigenvalue weighted by molar-refractivity contribution is 0.0376. The fraction of sp³-hybridized carbons (Fsp3) is 0.471. The molecule has 3 N–H and O–H groups in total. The summed E-state index contributed by atoms with van der Waals surface area (Å²) in [6, 6.07) is 7.28. The summed E-state index contributed by atoms with van der Waals surface area (Å²) in [7, 11) is 0. The number of benzene rings is 1. The van der Waals surface area contributed by atoms with Crippen LogP contribution < -0.4 is 11.1 Å². The molecule has 0 atom stereocenters. The summed E-state index contributed by atoms with van der Waals surface area (Å²) >= 11 is 5.97. The third-order valence-electron chi connectivity index (χ3n) is 4.00. The highest BCUT2D eigenvalue weighted by Crippen LogP contribution is 2.19. The first-order valence-electron chi connectivity index (χ1n) is 8.63. The minimum atomic E-state index is 0.232. The first-order chi connectivity index (χ1) is 12.7. The molecule has 140 valence electrons. The van der Waals surface area contributed by atoms with Crippen molar-refractivity contribution < 1.29 is 9.26 Å². The van der Waals surface area contributed by atoms with Gasteiger partial charge in [0, 0.05) is 30.2 Å². The van der Waals surface area contributed by atoms with Crippen molar-refractivity contribution in [1.82, 2.24) is 20.4 Å². The molecular formula is C17H23ClN6O2. The van der Waals surface area contributed by atoms with E-state index in [2.05, 4.69) is 25.3 Å². The molecule has 1 fully saturated rings. The zero-order valence-corrected chi connectivity index (χ0v) is 15.3. The Morgan fingerprint density at radius 1 is 1.35 bits per heavy atom. The van der Waals surface area contributed by atoms with Crippen LogP contribution in [0, 0.1) is 0 Å². The van der Waals surface area contributed by atoms with E-state index in [1.807, 2.05) is 12.1 Å². The molecule has 9 heteroatoms. The third kappa shape index (κ3) is 5.69. The summed E-state index contributed by atoms with van der Waals surface area (Å²) in [6.45, 7) is 5.65. The van der Waals surface area contributed by atoms with Gasteiger partial charge in [-0.25, -0.2) is 4.99 Å². The summed E-state index contributed by atoms with van der Waals surface area (Å²) in [6.07, 6.45) is 0.996. The van der Waals surface area contributed by atoms with Crippen LogP contribution in [-0.2, 0) is 11.3 Å². The number of hydrogen-bond acceptors (Lipinski definition) is 6. The van der Waals surface area contributed by atoms with Crippen LogP contribution in [0.5, 0.6) is 0 Å². The second kappa shape index (κ2) is 9.51. The number of nitrogens with two attached hydrogens (primary N) is 1.